The highest BCUT2D eigenvalue weighted by molar-refractivity contribution is 7.40. The van der Waals surface area contributed by atoms with Gasteiger partial charge in [-0.3, -0.25) is 4.98 Å². The van der Waals surface area contributed by atoms with Crippen molar-refractivity contribution in [1.29, 1.82) is 0 Å². The van der Waals surface area contributed by atoms with Crippen molar-refractivity contribution < 1.29 is 33.5 Å². The Morgan fingerprint density at radius 2 is 1.87 bits per heavy atom. The van der Waals surface area contributed by atoms with Crippen LogP contribution in [0.4, 0.5) is 10.7 Å². The maximum atomic E-state index is 12.5. The van der Waals surface area contributed by atoms with Gasteiger partial charge in [-0.1, -0.05) is 6.07 Å². The number of carbonyl (C=O) groups excluding carboxylic acids is 1. The molecule has 9 nitrogen and oxygen atoms in total. The van der Waals surface area contributed by atoms with Crippen LogP contribution in [0, 0.1) is 13.8 Å². The summed E-state index contributed by atoms with van der Waals surface area (Å²) in [5.74, 6) is 0.276. The van der Waals surface area contributed by atoms with Crippen molar-refractivity contribution in [1.82, 2.24) is 4.98 Å². The zero-order valence-electron chi connectivity index (χ0n) is 16.8. The van der Waals surface area contributed by atoms with Crippen molar-refractivity contribution >= 4 is 46.7 Å². The molecule has 11 heteroatoms. The molecule has 2 heterocycles. The number of aryl methyl sites for hydroxylation is 2. The van der Waals surface area contributed by atoms with Crippen LogP contribution in [0.25, 0.3) is 10.9 Å². The third-order valence-corrected chi connectivity index (χ3v) is 4.94. The average molecular weight is 451 g/mol. The quantitative estimate of drug-likeness (QED) is 0.454. The van der Waals surface area contributed by atoms with Gasteiger partial charge in [-0.15, -0.1) is 11.3 Å². The van der Waals surface area contributed by atoms with Gasteiger partial charge in [0.15, 0.2) is 0 Å². The molecule has 0 aliphatic heterocycles. The molecule has 0 saturated carbocycles. The first kappa shape index (κ1) is 23.8. The number of pyridine rings is 1. The minimum absolute atomic E-state index is 0.311. The Labute approximate surface area is 177 Å². The molecule has 0 atom stereocenters. The van der Waals surface area contributed by atoms with E-state index in [1.807, 2.05) is 37.4 Å². The number of ether oxygens (including phenoxy) is 2. The Balaban J connectivity index is 0.000000575. The molecule has 2 aromatic heterocycles. The summed E-state index contributed by atoms with van der Waals surface area (Å²) in [4.78, 5) is 42.6. The van der Waals surface area contributed by atoms with E-state index in [1.54, 1.807) is 31.6 Å². The third kappa shape index (κ3) is 6.01. The van der Waals surface area contributed by atoms with E-state index in [2.05, 4.69) is 10.3 Å². The number of hydrogen-bond donors (Lipinski definition) is 1. The molecule has 0 radical (unpaired) electrons. The fraction of sp³-hybridized carbons (Fsp3) is 0.263. The largest absolute Gasteiger partial charge is 0.822 e. The number of phosphoric acid groups is 1. The maximum absolute atomic E-state index is 12.5. The summed E-state index contributed by atoms with van der Waals surface area (Å²) in [6.07, 6.45) is 1.55. The van der Waals surface area contributed by atoms with Gasteiger partial charge in [-0.05, 0) is 49.4 Å². The number of fused-ring (bicyclic) bond motifs is 1. The number of thiophene rings is 1. The first-order valence-electron chi connectivity index (χ1n) is 8.74. The number of aromatic nitrogens is 1. The standard InChI is InChI=1S/C19H20N2O3S.H3O4P/c1-5-24-19(22)13-10-20-17-14(23-4)7-6-11(2)15(17)16(13)21-18-12(3)8-9-25-18;1-5(2,3)4/h6-10H,5H2,1-4H3,(H,20,21);(H3,1,2,3,4)/p-3. The molecule has 1 N–H and O–H groups in total. The smallest absolute Gasteiger partial charge is 0.341 e. The molecule has 0 saturated heterocycles. The highest BCUT2D eigenvalue weighted by Crippen LogP contribution is 2.37. The van der Waals surface area contributed by atoms with E-state index in [4.69, 9.17) is 28.7 Å². The van der Waals surface area contributed by atoms with E-state index in [1.165, 1.54) is 0 Å². The number of hydrogen-bond acceptors (Lipinski definition) is 10. The Bertz CT molecular complexity index is 1090. The van der Waals surface area contributed by atoms with Crippen molar-refractivity contribution in [2.24, 2.45) is 0 Å². The van der Waals surface area contributed by atoms with Gasteiger partial charge >= 0.3 is 5.97 Å². The number of nitrogens with one attached hydrogen (secondary N) is 1. The molecule has 3 aromatic rings. The lowest BCUT2D eigenvalue weighted by molar-refractivity contribution is -0.432. The lowest BCUT2D eigenvalue weighted by atomic mass is 10.0. The van der Waals surface area contributed by atoms with Gasteiger partial charge < -0.3 is 34.0 Å². The molecule has 30 heavy (non-hydrogen) atoms. The second-order valence-corrected chi connectivity index (χ2v) is 7.89. The summed E-state index contributed by atoms with van der Waals surface area (Å²) in [5, 5.41) is 7.28. The molecule has 0 spiro atoms. The Hall–Kier alpha value is -2.49. The van der Waals surface area contributed by atoms with Gasteiger partial charge in [-0.25, -0.2) is 4.79 Å². The van der Waals surface area contributed by atoms with Gasteiger partial charge in [0.2, 0.25) is 0 Å². The molecule has 0 fully saturated rings. The van der Waals surface area contributed by atoms with Gasteiger partial charge in [0.25, 0.3) is 0 Å². The molecule has 0 amide bonds. The number of methoxy groups -OCH3 is 1. The van der Waals surface area contributed by atoms with E-state index in [-0.39, 0.29) is 0 Å². The molecule has 0 aliphatic rings. The lowest BCUT2D eigenvalue weighted by Crippen LogP contribution is -2.24. The second kappa shape index (κ2) is 10.0. The Morgan fingerprint density at radius 1 is 1.20 bits per heavy atom. The van der Waals surface area contributed by atoms with Crippen LogP contribution in [0.15, 0.2) is 29.8 Å². The van der Waals surface area contributed by atoms with E-state index >= 15 is 0 Å². The normalized spacial score (nSPS) is 10.9. The van der Waals surface area contributed by atoms with Gasteiger partial charge in [0, 0.05) is 11.6 Å². The summed E-state index contributed by atoms with van der Waals surface area (Å²) in [5.41, 5.74) is 3.95. The zero-order chi connectivity index (χ0) is 22.5. The number of benzene rings is 1. The molecule has 162 valence electrons. The molecule has 0 bridgehead atoms. The van der Waals surface area contributed by atoms with Crippen LogP contribution in [0.3, 0.4) is 0 Å². The molecule has 1 aromatic carbocycles. The fourth-order valence-corrected chi connectivity index (χ4v) is 3.54. The summed E-state index contributed by atoms with van der Waals surface area (Å²) in [6, 6.07) is 5.88. The number of nitrogens with zero attached hydrogens (tertiary/aromatic N) is 1. The topological polar surface area (TPSA) is 147 Å². The minimum Gasteiger partial charge on any atom is -0.822 e. The molecular weight excluding hydrogens is 431 g/mol. The zero-order valence-corrected chi connectivity index (χ0v) is 18.5. The van der Waals surface area contributed by atoms with Crippen molar-refractivity contribution in [3.8, 4) is 5.75 Å². The lowest BCUT2D eigenvalue weighted by Gasteiger charge is -2.36. The van der Waals surface area contributed by atoms with Gasteiger partial charge in [0.1, 0.15) is 16.8 Å². The van der Waals surface area contributed by atoms with Crippen molar-refractivity contribution in [2.75, 3.05) is 19.0 Å². The van der Waals surface area contributed by atoms with Gasteiger partial charge in [-0.2, -0.15) is 7.82 Å². The summed E-state index contributed by atoms with van der Waals surface area (Å²) >= 11 is 1.59. The maximum Gasteiger partial charge on any atom is 0.341 e. The number of esters is 1. The summed E-state index contributed by atoms with van der Waals surface area (Å²) in [7, 11) is -3.78. The summed E-state index contributed by atoms with van der Waals surface area (Å²) in [6.45, 7) is 6.12. The first-order chi connectivity index (χ1) is 14.1. The van der Waals surface area contributed by atoms with Crippen molar-refractivity contribution in [3.63, 3.8) is 0 Å². The predicted octanol–water partition coefficient (Wildman–Crippen LogP) is 2.02. The second-order valence-electron chi connectivity index (χ2n) is 6.08. The number of carbonyl (C=O) groups is 1. The number of anilines is 2. The molecule has 0 unspecified atom stereocenters. The Kier molecular flexibility index (Phi) is 7.94. The van der Waals surface area contributed by atoms with E-state index in [0.29, 0.717) is 29.1 Å². The van der Waals surface area contributed by atoms with Crippen LogP contribution in [0.2, 0.25) is 0 Å². The van der Waals surface area contributed by atoms with Crippen LogP contribution in [-0.4, -0.2) is 24.7 Å². The highest BCUT2D eigenvalue weighted by Gasteiger charge is 2.20. The van der Waals surface area contributed by atoms with Crippen LogP contribution < -0.4 is 24.7 Å². The van der Waals surface area contributed by atoms with Crippen LogP contribution in [0.5, 0.6) is 5.75 Å². The van der Waals surface area contributed by atoms with E-state index in [0.717, 1.165) is 21.5 Å². The average Bonchev–Trinajstić information content (AvgIpc) is 3.05. The van der Waals surface area contributed by atoms with E-state index in [9.17, 15) is 4.79 Å². The minimum atomic E-state index is -5.39. The van der Waals surface area contributed by atoms with Crippen LogP contribution in [-0.2, 0) is 9.30 Å². The first-order valence-corrected chi connectivity index (χ1v) is 11.1. The SMILES string of the molecule is CCOC(=O)c1cnc2c(OC)ccc(C)c2c1Nc1sccc1C.O=P([O-])([O-])[O-]. The predicted molar refractivity (Wildman–Crippen MR) is 109 cm³/mol. The molecule has 3 rings (SSSR count). The van der Waals surface area contributed by atoms with Crippen LogP contribution in [0.1, 0.15) is 28.4 Å². The van der Waals surface area contributed by atoms with Crippen molar-refractivity contribution in [2.45, 2.75) is 20.8 Å². The highest BCUT2D eigenvalue weighted by atomic mass is 32.1. The molecular formula is C19H20N2O7PS-3. The summed E-state index contributed by atoms with van der Waals surface area (Å²) < 4.78 is 19.2. The van der Waals surface area contributed by atoms with Crippen LogP contribution >= 0.6 is 19.2 Å². The third-order valence-electron chi connectivity index (χ3n) is 4.01. The Morgan fingerprint density at radius 3 is 2.40 bits per heavy atom. The monoisotopic (exact) mass is 451 g/mol. The fourth-order valence-electron chi connectivity index (χ4n) is 2.72. The molecule has 0 aliphatic carbocycles. The number of rotatable bonds is 5. The van der Waals surface area contributed by atoms with Gasteiger partial charge in [0.05, 0.1) is 24.4 Å². The van der Waals surface area contributed by atoms with Crippen molar-refractivity contribution in [3.05, 3.63) is 46.5 Å². The van der Waals surface area contributed by atoms with E-state index < -0.39 is 13.8 Å².